The van der Waals surface area contributed by atoms with Gasteiger partial charge in [-0.25, -0.2) is 0 Å². The highest BCUT2D eigenvalue weighted by molar-refractivity contribution is 7.51. The van der Waals surface area contributed by atoms with Crippen molar-refractivity contribution in [2.45, 2.75) is 13.3 Å². The van der Waals surface area contributed by atoms with Gasteiger partial charge >= 0.3 is 7.60 Å². The standard InChI is InChI=1S/C9H21O6P/c1-2-3-13-4-5-14-6-7-15-8-9-16(10,11)12/h2-9H2,1H3,(H2,10,11,12). The summed E-state index contributed by atoms with van der Waals surface area (Å²) in [5.41, 5.74) is 0. The molecule has 98 valence electrons. The summed E-state index contributed by atoms with van der Waals surface area (Å²) in [5, 5.41) is 0. The Morgan fingerprint density at radius 3 is 1.75 bits per heavy atom. The molecule has 0 bridgehead atoms. The molecule has 6 nitrogen and oxygen atoms in total. The Bertz CT molecular complexity index is 192. The van der Waals surface area contributed by atoms with Gasteiger partial charge in [0.05, 0.1) is 39.2 Å². The van der Waals surface area contributed by atoms with Gasteiger partial charge in [-0.05, 0) is 6.42 Å². The molecule has 0 saturated carbocycles. The minimum atomic E-state index is -3.93. The zero-order valence-corrected chi connectivity index (χ0v) is 10.5. The van der Waals surface area contributed by atoms with Crippen molar-refractivity contribution in [2.75, 3.05) is 45.8 Å². The van der Waals surface area contributed by atoms with Gasteiger partial charge in [0.2, 0.25) is 0 Å². The molecule has 7 heteroatoms. The first-order valence-corrected chi connectivity index (χ1v) is 7.14. The van der Waals surface area contributed by atoms with Crippen LogP contribution in [0, 0.1) is 0 Å². The van der Waals surface area contributed by atoms with E-state index in [0.29, 0.717) is 26.4 Å². The molecule has 16 heavy (non-hydrogen) atoms. The van der Waals surface area contributed by atoms with Crippen molar-refractivity contribution in [1.82, 2.24) is 0 Å². The Morgan fingerprint density at radius 2 is 1.31 bits per heavy atom. The second kappa shape index (κ2) is 10.2. The predicted molar refractivity (Wildman–Crippen MR) is 59.7 cm³/mol. The monoisotopic (exact) mass is 256 g/mol. The number of rotatable bonds is 11. The first-order chi connectivity index (χ1) is 7.56. The molecule has 2 N–H and O–H groups in total. The van der Waals surface area contributed by atoms with Crippen LogP contribution in [0.15, 0.2) is 0 Å². The molecule has 0 aliphatic heterocycles. The second-order valence-corrected chi connectivity index (χ2v) is 5.00. The molecule has 0 amide bonds. The zero-order chi connectivity index (χ0) is 12.3. The summed E-state index contributed by atoms with van der Waals surface area (Å²) in [5.74, 6) is 0. The average Bonchev–Trinajstić information content (AvgIpc) is 2.19. The summed E-state index contributed by atoms with van der Waals surface area (Å²) in [6, 6.07) is 0. The van der Waals surface area contributed by atoms with Gasteiger partial charge in [0.15, 0.2) is 0 Å². The smallest absolute Gasteiger partial charge is 0.327 e. The molecule has 0 spiro atoms. The van der Waals surface area contributed by atoms with E-state index in [1.54, 1.807) is 0 Å². The van der Waals surface area contributed by atoms with E-state index in [1.165, 1.54) is 0 Å². The van der Waals surface area contributed by atoms with E-state index in [2.05, 4.69) is 0 Å². The summed E-state index contributed by atoms with van der Waals surface area (Å²) in [4.78, 5) is 17.0. The van der Waals surface area contributed by atoms with Crippen LogP contribution >= 0.6 is 7.60 Å². The Balaban J connectivity index is 3.02. The van der Waals surface area contributed by atoms with E-state index in [4.69, 9.17) is 24.0 Å². The van der Waals surface area contributed by atoms with E-state index < -0.39 is 7.60 Å². The molecule has 0 aliphatic rings. The Hall–Kier alpha value is 0.0300. The highest BCUT2D eigenvalue weighted by Crippen LogP contribution is 2.33. The van der Waals surface area contributed by atoms with Crippen molar-refractivity contribution in [3.05, 3.63) is 0 Å². The molecule has 0 unspecified atom stereocenters. The van der Waals surface area contributed by atoms with Crippen molar-refractivity contribution < 1.29 is 28.6 Å². The van der Waals surface area contributed by atoms with Crippen LogP contribution in [0.3, 0.4) is 0 Å². The topological polar surface area (TPSA) is 85.2 Å². The van der Waals surface area contributed by atoms with Crippen molar-refractivity contribution >= 4 is 7.60 Å². The molecule has 0 fully saturated rings. The zero-order valence-electron chi connectivity index (χ0n) is 9.63. The van der Waals surface area contributed by atoms with Crippen LogP contribution in [-0.4, -0.2) is 55.6 Å². The van der Waals surface area contributed by atoms with Crippen LogP contribution < -0.4 is 0 Å². The Labute approximate surface area is 96.1 Å². The molecule has 0 rings (SSSR count). The lowest BCUT2D eigenvalue weighted by Crippen LogP contribution is -2.11. The van der Waals surface area contributed by atoms with Crippen LogP contribution in [-0.2, 0) is 18.8 Å². The molecule has 0 aromatic rings. The first kappa shape index (κ1) is 16.0. The van der Waals surface area contributed by atoms with Gasteiger partial charge in [-0.15, -0.1) is 0 Å². The summed E-state index contributed by atoms with van der Waals surface area (Å²) in [6.07, 6.45) is 0.748. The molecule has 0 heterocycles. The minimum absolute atomic E-state index is 0.0555. The number of hydrogen-bond acceptors (Lipinski definition) is 4. The number of ether oxygens (including phenoxy) is 3. The molecular formula is C9H21O6P. The Kier molecular flexibility index (Phi) is 10.2. The van der Waals surface area contributed by atoms with Gasteiger partial charge in [0.25, 0.3) is 0 Å². The quantitative estimate of drug-likeness (QED) is 0.416. The van der Waals surface area contributed by atoms with Gasteiger partial charge in [-0.2, -0.15) is 0 Å². The van der Waals surface area contributed by atoms with Gasteiger partial charge in [-0.1, -0.05) is 6.92 Å². The third-order valence-corrected chi connectivity index (χ3v) is 2.38. The van der Waals surface area contributed by atoms with Crippen LogP contribution in [0.2, 0.25) is 0 Å². The maximum Gasteiger partial charge on any atom is 0.327 e. The van der Waals surface area contributed by atoms with E-state index in [1.807, 2.05) is 6.92 Å². The minimum Gasteiger partial charge on any atom is -0.379 e. The largest absolute Gasteiger partial charge is 0.379 e. The second-order valence-electron chi connectivity index (χ2n) is 3.23. The maximum atomic E-state index is 10.4. The van der Waals surface area contributed by atoms with Crippen LogP contribution in [0.5, 0.6) is 0 Å². The molecule has 0 saturated heterocycles. The Morgan fingerprint density at radius 1 is 0.875 bits per heavy atom. The first-order valence-electron chi connectivity index (χ1n) is 5.34. The number of hydrogen-bond donors (Lipinski definition) is 2. The molecule has 0 radical (unpaired) electrons. The predicted octanol–water partition coefficient (Wildman–Crippen LogP) is 0.624. The van der Waals surface area contributed by atoms with E-state index in [-0.39, 0.29) is 12.8 Å². The lowest BCUT2D eigenvalue weighted by atomic mass is 10.5. The molecule has 0 aliphatic carbocycles. The third-order valence-electron chi connectivity index (χ3n) is 1.62. The molecule has 0 aromatic heterocycles. The highest BCUT2D eigenvalue weighted by atomic mass is 31.2. The average molecular weight is 256 g/mol. The molecule has 0 atom stereocenters. The van der Waals surface area contributed by atoms with E-state index in [9.17, 15) is 4.57 Å². The van der Waals surface area contributed by atoms with Gasteiger partial charge in [-0.3, -0.25) is 4.57 Å². The molecular weight excluding hydrogens is 235 g/mol. The van der Waals surface area contributed by atoms with Gasteiger partial charge in [0.1, 0.15) is 0 Å². The molecule has 0 aromatic carbocycles. The van der Waals surface area contributed by atoms with Crippen LogP contribution in [0.4, 0.5) is 0 Å². The van der Waals surface area contributed by atoms with Gasteiger partial charge < -0.3 is 24.0 Å². The summed E-state index contributed by atoms with van der Waals surface area (Å²) < 4.78 is 25.8. The van der Waals surface area contributed by atoms with Crippen molar-refractivity contribution in [1.29, 1.82) is 0 Å². The maximum absolute atomic E-state index is 10.4. The van der Waals surface area contributed by atoms with Crippen LogP contribution in [0.25, 0.3) is 0 Å². The highest BCUT2D eigenvalue weighted by Gasteiger charge is 2.11. The van der Waals surface area contributed by atoms with Crippen molar-refractivity contribution in [3.63, 3.8) is 0 Å². The fourth-order valence-corrected chi connectivity index (χ4v) is 1.24. The normalized spacial score (nSPS) is 11.9. The van der Waals surface area contributed by atoms with Crippen molar-refractivity contribution in [3.8, 4) is 0 Å². The van der Waals surface area contributed by atoms with Gasteiger partial charge in [0, 0.05) is 6.61 Å². The summed E-state index contributed by atoms with van der Waals surface area (Å²) >= 11 is 0. The van der Waals surface area contributed by atoms with E-state index in [0.717, 1.165) is 13.0 Å². The fraction of sp³-hybridized carbons (Fsp3) is 1.00. The van der Waals surface area contributed by atoms with Crippen molar-refractivity contribution in [2.24, 2.45) is 0 Å². The van der Waals surface area contributed by atoms with E-state index >= 15 is 0 Å². The summed E-state index contributed by atoms with van der Waals surface area (Å²) in [6.45, 7) is 4.67. The third kappa shape index (κ3) is 14.0. The SMILES string of the molecule is CCCOCCOCCOCCP(=O)(O)O. The lowest BCUT2D eigenvalue weighted by molar-refractivity contribution is 0.0170. The van der Waals surface area contributed by atoms with Crippen LogP contribution in [0.1, 0.15) is 13.3 Å². The fourth-order valence-electron chi connectivity index (χ4n) is 0.870. The summed E-state index contributed by atoms with van der Waals surface area (Å²) in [7, 11) is -3.93. The lowest BCUT2D eigenvalue weighted by Gasteiger charge is -2.06.